The first kappa shape index (κ1) is 13.4. The summed E-state index contributed by atoms with van der Waals surface area (Å²) in [6.07, 6.45) is 2.22. The molecule has 5 nitrogen and oxygen atoms in total. The fourth-order valence-electron chi connectivity index (χ4n) is 2.14. The largest absolute Gasteiger partial charge is 0.481 e. The molecule has 0 bridgehead atoms. The number of hydrogen-bond acceptors (Lipinski definition) is 3. The summed E-state index contributed by atoms with van der Waals surface area (Å²) in [5.41, 5.74) is 0.136. The molecule has 0 aliphatic heterocycles. The summed E-state index contributed by atoms with van der Waals surface area (Å²) in [5.74, 6) is -0.994. The van der Waals surface area contributed by atoms with Crippen LogP contribution in [0, 0.1) is 5.41 Å². The van der Waals surface area contributed by atoms with Gasteiger partial charge in [-0.2, -0.15) is 0 Å². The number of nitrogens with one attached hydrogen (secondary N) is 2. The molecule has 0 unspecified atom stereocenters. The third-order valence-corrected chi connectivity index (χ3v) is 3.62. The highest BCUT2D eigenvalue weighted by atomic mass is 16.4. The molecule has 1 aromatic rings. The van der Waals surface area contributed by atoms with E-state index < -0.39 is 11.4 Å². The van der Waals surface area contributed by atoms with Gasteiger partial charge in [0.2, 0.25) is 5.91 Å². The van der Waals surface area contributed by atoms with Gasteiger partial charge in [0.1, 0.15) is 0 Å². The number of amides is 1. The normalized spacial score (nSPS) is 16.2. The Kier molecular flexibility index (Phi) is 4.04. The molecule has 0 heterocycles. The van der Waals surface area contributed by atoms with Crippen LogP contribution >= 0.6 is 0 Å². The van der Waals surface area contributed by atoms with Crippen molar-refractivity contribution in [3.8, 4) is 0 Å². The van der Waals surface area contributed by atoms with Gasteiger partial charge in [-0.3, -0.25) is 9.59 Å². The van der Waals surface area contributed by atoms with E-state index in [-0.39, 0.29) is 19.0 Å². The van der Waals surface area contributed by atoms with Crippen molar-refractivity contribution in [3.05, 3.63) is 30.3 Å². The molecule has 19 heavy (non-hydrogen) atoms. The molecule has 1 amide bonds. The Balaban J connectivity index is 1.74. The number of para-hydroxylation sites is 1. The van der Waals surface area contributed by atoms with Crippen molar-refractivity contribution in [1.82, 2.24) is 5.32 Å². The van der Waals surface area contributed by atoms with Crippen LogP contribution in [0.2, 0.25) is 0 Å². The van der Waals surface area contributed by atoms with Gasteiger partial charge in [0.05, 0.1) is 12.0 Å². The molecule has 3 N–H and O–H groups in total. The second kappa shape index (κ2) is 5.73. The number of benzene rings is 1. The van der Waals surface area contributed by atoms with Crippen LogP contribution in [-0.4, -0.2) is 30.1 Å². The van der Waals surface area contributed by atoms with Crippen LogP contribution in [0.3, 0.4) is 0 Å². The predicted octanol–water partition coefficient (Wildman–Crippen LogP) is 1.47. The first-order chi connectivity index (χ1) is 9.12. The van der Waals surface area contributed by atoms with Gasteiger partial charge in [-0.1, -0.05) is 24.6 Å². The molecular weight excluding hydrogens is 244 g/mol. The summed E-state index contributed by atoms with van der Waals surface area (Å²) in [6.45, 7) is 0.372. The first-order valence-electron chi connectivity index (χ1n) is 6.41. The van der Waals surface area contributed by atoms with E-state index in [1.807, 2.05) is 30.3 Å². The zero-order valence-corrected chi connectivity index (χ0v) is 10.7. The van der Waals surface area contributed by atoms with E-state index in [1.54, 1.807) is 0 Å². The zero-order valence-electron chi connectivity index (χ0n) is 10.7. The predicted molar refractivity (Wildman–Crippen MR) is 71.9 cm³/mol. The molecule has 1 aromatic carbocycles. The van der Waals surface area contributed by atoms with Crippen molar-refractivity contribution in [3.63, 3.8) is 0 Å². The van der Waals surface area contributed by atoms with Gasteiger partial charge in [-0.25, -0.2) is 0 Å². The standard InChI is InChI=1S/C14H18N2O3/c17-12(9-15-11-5-2-1-3-6-11)16-10-14(13(18)19)7-4-8-14/h1-3,5-6,15H,4,7-10H2,(H,16,17)(H,18,19). The van der Waals surface area contributed by atoms with E-state index in [0.717, 1.165) is 12.1 Å². The topological polar surface area (TPSA) is 78.4 Å². The maximum Gasteiger partial charge on any atom is 0.311 e. The van der Waals surface area contributed by atoms with Crippen molar-refractivity contribution in [2.45, 2.75) is 19.3 Å². The van der Waals surface area contributed by atoms with Gasteiger partial charge in [0.25, 0.3) is 0 Å². The number of rotatable bonds is 6. The number of hydrogen-bond donors (Lipinski definition) is 3. The molecule has 0 radical (unpaired) electrons. The average Bonchev–Trinajstić information content (AvgIpc) is 2.36. The Morgan fingerprint density at radius 2 is 1.89 bits per heavy atom. The van der Waals surface area contributed by atoms with Crippen molar-refractivity contribution in [2.24, 2.45) is 5.41 Å². The lowest BCUT2D eigenvalue weighted by Crippen LogP contribution is -2.48. The minimum absolute atomic E-state index is 0.152. The van der Waals surface area contributed by atoms with Crippen LogP contribution < -0.4 is 10.6 Å². The zero-order chi connectivity index (χ0) is 13.7. The van der Waals surface area contributed by atoms with Crippen LogP contribution in [0.25, 0.3) is 0 Å². The molecule has 102 valence electrons. The van der Waals surface area contributed by atoms with E-state index >= 15 is 0 Å². The van der Waals surface area contributed by atoms with Gasteiger partial charge in [0, 0.05) is 12.2 Å². The first-order valence-corrected chi connectivity index (χ1v) is 6.41. The van der Waals surface area contributed by atoms with Crippen molar-refractivity contribution < 1.29 is 14.7 Å². The number of carbonyl (C=O) groups excluding carboxylic acids is 1. The van der Waals surface area contributed by atoms with Gasteiger partial charge in [-0.05, 0) is 25.0 Å². The molecule has 0 atom stereocenters. The summed E-state index contributed by atoms with van der Waals surface area (Å²) in [5, 5.41) is 14.8. The van der Waals surface area contributed by atoms with Crippen molar-refractivity contribution in [1.29, 1.82) is 0 Å². The highest BCUT2D eigenvalue weighted by Crippen LogP contribution is 2.40. The average molecular weight is 262 g/mol. The highest BCUT2D eigenvalue weighted by molar-refractivity contribution is 5.82. The molecule has 2 rings (SSSR count). The minimum atomic E-state index is -0.810. The Labute approximate surface area is 112 Å². The van der Waals surface area contributed by atoms with Crippen LogP contribution in [0.5, 0.6) is 0 Å². The Morgan fingerprint density at radius 3 is 2.42 bits per heavy atom. The molecule has 0 saturated heterocycles. The van der Waals surface area contributed by atoms with E-state index in [2.05, 4.69) is 10.6 Å². The lowest BCUT2D eigenvalue weighted by molar-refractivity contribution is -0.154. The molecule has 0 spiro atoms. The van der Waals surface area contributed by atoms with Gasteiger partial charge in [0.15, 0.2) is 0 Å². The maximum atomic E-state index is 11.7. The third-order valence-electron chi connectivity index (χ3n) is 3.62. The van der Waals surface area contributed by atoms with E-state index in [4.69, 9.17) is 5.11 Å². The summed E-state index contributed by atoms with van der Waals surface area (Å²) >= 11 is 0. The molecule has 0 aromatic heterocycles. The molecule has 1 aliphatic carbocycles. The van der Waals surface area contributed by atoms with E-state index in [0.29, 0.717) is 12.8 Å². The van der Waals surface area contributed by atoms with Crippen LogP contribution in [-0.2, 0) is 9.59 Å². The quantitative estimate of drug-likeness (QED) is 0.725. The number of anilines is 1. The molecular formula is C14H18N2O3. The maximum absolute atomic E-state index is 11.7. The highest BCUT2D eigenvalue weighted by Gasteiger charge is 2.44. The fourth-order valence-corrected chi connectivity index (χ4v) is 2.14. The number of aliphatic carboxylic acids is 1. The molecule has 5 heteroatoms. The Morgan fingerprint density at radius 1 is 1.21 bits per heavy atom. The van der Waals surface area contributed by atoms with Gasteiger partial charge < -0.3 is 15.7 Å². The summed E-state index contributed by atoms with van der Waals surface area (Å²) in [7, 11) is 0. The number of carboxylic acid groups (broad SMARTS) is 1. The third kappa shape index (κ3) is 3.24. The van der Waals surface area contributed by atoms with Crippen LogP contribution in [0.1, 0.15) is 19.3 Å². The second-order valence-electron chi connectivity index (χ2n) is 4.94. The molecule has 1 fully saturated rings. The SMILES string of the molecule is O=C(CNc1ccccc1)NCC1(C(=O)O)CCC1. The molecule has 1 saturated carbocycles. The van der Waals surface area contributed by atoms with Crippen LogP contribution in [0.15, 0.2) is 30.3 Å². The van der Waals surface area contributed by atoms with Gasteiger partial charge in [-0.15, -0.1) is 0 Å². The lowest BCUT2D eigenvalue weighted by atomic mass is 9.69. The summed E-state index contributed by atoms with van der Waals surface area (Å²) in [4.78, 5) is 22.8. The van der Waals surface area contributed by atoms with E-state index in [1.165, 1.54) is 0 Å². The van der Waals surface area contributed by atoms with Crippen molar-refractivity contribution in [2.75, 3.05) is 18.4 Å². The Hall–Kier alpha value is -2.04. The molecule has 1 aliphatic rings. The van der Waals surface area contributed by atoms with Gasteiger partial charge >= 0.3 is 5.97 Å². The minimum Gasteiger partial charge on any atom is -0.481 e. The van der Waals surface area contributed by atoms with Crippen LogP contribution in [0.4, 0.5) is 5.69 Å². The Bertz CT molecular complexity index is 455. The number of carboxylic acids is 1. The van der Waals surface area contributed by atoms with E-state index in [9.17, 15) is 9.59 Å². The second-order valence-corrected chi connectivity index (χ2v) is 4.94. The van der Waals surface area contributed by atoms with Crippen molar-refractivity contribution >= 4 is 17.6 Å². The lowest BCUT2D eigenvalue weighted by Gasteiger charge is -2.37. The summed E-state index contributed by atoms with van der Waals surface area (Å²) in [6, 6.07) is 9.41. The monoisotopic (exact) mass is 262 g/mol. The fraction of sp³-hybridized carbons (Fsp3) is 0.429. The summed E-state index contributed by atoms with van der Waals surface area (Å²) < 4.78 is 0. The number of carbonyl (C=O) groups is 2. The smallest absolute Gasteiger partial charge is 0.311 e.